The Bertz CT molecular complexity index is 3100. The number of fused-ring (bicyclic) bond motifs is 2. The SMILES string of the molecule is CC(=N)N1C(=N)C(C#CC(=O)NCC2CN(C(=O)CN3CC=C(Nc4cccc5c4cc(C#CCNc4ccc(P(C)(C)=O)cc4)n5CC(F)(F)F)CC3)C2)NC(c2ccc(Cl)cc2)c2c1sc(C)c2C. The molecule has 0 spiro atoms. The van der Waals surface area contributed by atoms with E-state index in [0.717, 1.165) is 43.3 Å². The first kappa shape index (κ1) is 51.0. The molecule has 2 amide bonds. The van der Waals surface area contributed by atoms with Crippen molar-refractivity contribution in [2.45, 2.75) is 52.0 Å². The predicted octanol–water partition coefficient (Wildman–Crippen LogP) is 8.37. The van der Waals surface area contributed by atoms with Crippen LogP contribution >= 0.6 is 30.1 Å². The number of anilines is 3. The molecule has 1 fully saturated rings. The van der Waals surface area contributed by atoms with Crippen LogP contribution < -0.4 is 31.5 Å². The van der Waals surface area contributed by atoms with Gasteiger partial charge in [0.25, 0.3) is 5.91 Å². The van der Waals surface area contributed by atoms with Gasteiger partial charge in [0, 0.05) is 81.9 Å². The van der Waals surface area contributed by atoms with E-state index in [2.05, 4.69) is 44.9 Å². The average Bonchev–Trinajstić information content (AvgIpc) is 3.74. The van der Waals surface area contributed by atoms with Crippen molar-refractivity contribution < 1.29 is 27.3 Å². The number of aryl methyl sites for hydroxylation is 1. The van der Waals surface area contributed by atoms with Gasteiger partial charge in [-0.1, -0.05) is 47.7 Å². The number of amidine groups is 2. The van der Waals surface area contributed by atoms with Gasteiger partial charge in [0.05, 0.1) is 30.3 Å². The highest BCUT2D eigenvalue weighted by atomic mass is 35.5. The van der Waals surface area contributed by atoms with Gasteiger partial charge in [-0.3, -0.25) is 35.5 Å². The molecule has 3 aromatic carbocycles. The number of nitrogens with zero attached hydrogens (tertiary/aromatic N) is 4. The Morgan fingerprint density at radius 1 is 1.04 bits per heavy atom. The maximum Gasteiger partial charge on any atom is 0.406 e. The number of alkyl halides is 3. The Morgan fingerprint density at radius 2 is 1.77 bits per heavy atom. The number of hydrogen-bond acceptors (Lipinski definition) is 10. The zero-order chi connectivity index (χ0) is 50.8. The maximum atomic E-state index is 13.8. The van der Waals surface area contributed by atoms with Crippen molar-refractivity contribution in [2.24, 2.45) is 5.92 Å². The van der Waals surface area contributed by atoms with Gasteiger partial charge in [0.15, 0.2) is 0 Å². The minimum Gasteiger partial charge on any atom is -0.374 e. The number of benzene rings is 3. The molecule has 3 aliphatic heterocycles. The summed E-state index contributed by atoms with van der Waals surface area (Å²) in [5.74, 6) is 11.3. The van der Waals surface area contributed by atoms with Crippen LogP contribution in [0.4, 0.5) is 29.5 Å². The summed E-state index contributed by atoms with van der Waals surface area (Å²) in [7, 11) is -2.40. The average molecular weight is 1020 g/mol. The third-order valence-corrected chi connectivity index (χ3v) is 15.8. The van der Waals surface area contributed by atoms with Gasteiger partial charge in [-0.05, 0) is 118 Å². The molecule has 6 N–H and O–H groups in total. The lowest BCUT2D eigenvalue weighted by atomic mass is 9.96. The Hall–Kier alpha value is -6.33. The van der Waals surface area contributed by atoms with Crippen molar-refractivity contribution in [3.63, 3.8) is 0 Å². The van der Waals surface area contributed by atoms with E-state index in [9.17, 15) is 27.3 Å². The molecule has 0 radical (unpaired) electrons. The summed E-state index contributed by atoms with van der Waals surface area (Å²) in [5, 5.41) is 33.4. The highest BCUT2D eigenvalue weighted by Gasteiger charge is 2.37. The number of nitrogens with one attached hydrogen (secondary N) is 6. The van der Waals surface area contributed by atoms with Crippen molar-refractivity contribution in [1.82, 2.24) is 25.0 Å². The Labute approximate surface area is 420 Å². The van der Waals surface area contributed by atoms with Crippen molar-refractivity contribution in [1.29, 1.82) is 10.8 Å². The predicted molar refractivity (Wildman–Crippen MR) is 280 cm³/mol. The second-order valence-corrected chi connectivity index (χ2v) is 23.3. The molecular formula is C52H55ClF3N10O3PS. The summed E-state index contributed by atoms with van der Waals surface area (Å²) in [5.41, 5.74) is 5.86. The number of aromatic nitrogens is 1. The van der Waals surface area contributed by atoms with E-state index in [0.29, 0.717) is 60.8 Å². The zero-order valence-corrected chi connectivity index (χ0v) is 42.4. The van der Waals surface area contributed by atoms with Crippen LogP contribution in [0.15, 0.2) is 84.6 Å². The fourth-order valence-corrected chi connectivity index (χ4v) is 11.1. The fourth-order valence-electron chi connectivity index (χ4n) is 8.88. The smallest absolute Gasteiger partial charge is 0.374 e. The van der Waals surface area contributed by atoms with Gasteiger partial charge in [0.1, 0.15) is 36.4 Å². The fraction of sp³-hybridized carbons (Fsp3) is 0.346. The molecule has 2 atom stereocenters. The quantitative estimate of drug-likeness (QED) is 0.0333. The first-order valence-corrected chi connectivity index (χ1v) is 26.9. The topological polar surface area (TPSA) is 162 Å². The van der Waals surface area contributed by atoms with Gasteiger partial charge in [-0.15, -0.1) is 11.3 Å². The molecule has 71 heavy (non-hydrogen) atoms. The number of hydrogen-bond donors (Lipinski definition) is 6. The van der Waals surface area contributed by atoms with Gasteiger partial charge in [-0.25, -0.2) is 0 Å². The third kappa shape index (κ3) is 12.1. The lowest BCUT2D eigenvalue weighted by Crippen LogP contribution is -2.56. The number of amides is 2. The largest absolute Gasteiger partial charge is 0.406 e. The number of halogens is 4. The van der Waals surface area contributed by atoms with Crippen molar-refractivity contribution in [3.8, 4) is 23.7 Å². The molecule has 5 aromatic rings. The summed E-state index contributed by atoms with van der Waals surface area (Å²) >= 11 is 7.74. The highest BCUT2D eigenvalue weighted by Crippen LogP contribution is 2.44. The molecule has 5 heterocycles. The van der Waals surface area contributed by atoms with E-state index >= 15 is 0 Å². The summed E-state index contributed by atoms with van der Waals surface area (Å²) in [4.78, 5) is 32.8. The number of rotatable bonds is 11. The van der Waals surface area contributed by atoms with E-state index in [1.807, 2.05) is 55.2 Å². The number of carbonyl (C=O) groups excluding carboxylic acids is 2. The Kier molecular flexibility index (Phi) is 15.2. The minimum absolute atomic E-state index is 0.0163. The van der Waals surface area contributed by atoms with Crippen molar-refractivity contribution in [2.75, 3.05) is 74.7 Å². The van der Waals surface area contributed by atoms with Crippen LogP contribution in [0, 0.1) is 54.3 Å². The van der Waals surface area contributed by atoms with Crippen LogP contribution in [0.1, 0.15) is 46.6 Å². The summed E-state index contributed by atoms with van der Waals surface area (Å²) < 4.78 is 55.1. The number of thiophene rings is 1. The second kappa shape index (κ2) is 21.2. The maximum absolute atomic E-state index is 13.8. The summed E-state index contributed by atoms with van der Waals surface area (Å²) in [6.45, 7) is 10.7. The van der Waals surface area contributed by atoms with E-state index in [-0.39, 0.29) is 48.3 Å². The molecule has 13 nitrogen and oxygen atoms in total. The van der Waals surface area contributed by atoms with Crippen LogP contribution in [-0.2, 0) is 20.7 Å². The van der Waals surface area contributed by atoms with E-state index in [4.69, 9.17) is 22.4 Å². The zero-order valence-electron chi connectivity index (χ0n) is 40.0. The van der Waals surface area contributed by atoms with E-state index < -0.39 is 31.8 Å². The van der Waals surface area contributed by atoms with Crippen LogP contribution in [0.5, 0.6) is 0 Å². The second-order valence-electron chi connectivity index (χ2n) is 18.4. The molecule has 0 aliphatic carbocycles. The van der Waals surface area contributed by atoms with Crippen LogP contribution in [-0.4, -0.2) is 109 Å². The van der Waals surface area contributed by atoms with Gasteiger partial charge in [0.2, 0.25) is 5.91 Å². The lowest BCUT2D eigenvalue weighted by molar-refractivity contribution is -0.140. The monoisotopic (exact) mass is 1020 g/mol. The highest BCUT2D eigenvalue weighted by molar-refractivity contribution is 7.70. The van der Waals surface area contributed by atoms with Crippen LogP contribution in [0.25, 0.3) is 10.9 Å². The number of carbonyl (C=O) groups is 2. The first-order chi connectivity index (χ1) is 33.7. The third-order valence-electron chi connectivity index (χ3n) is 12.8. The lowest BCUT2D eigenvalue weighted by Gasteiger charge is -2.40. The molecule has 0 bridgehead atoms. The minimum atomic E-state index is -4.47. The molecule has 2 aromatic heterocycles. The molecule has 19 heteroatoms. The standard InChI is InChI=1S/C52H55ClF3N10O3PS/c1-32-33(2)71-51-48(32)49(36-11-13-37(53)14-12-36)62-44(50(58)66(51)34(3)57)19-20-46(67)60-27-35-28-64(29-35)47(68)30-63-24-21-39(22-25-63)61-43-9-6-10-45-42(43)26-40(65(45)31-52(54,55)56)8-7-23-59-38-15-17-41(18-16-38)70(4,5)69/h6,9-18,21,26,35,44,49,57-59,61-62H,22-25,27-31H2,1-5H3,(H,60,67). The van der Waals surface area contributed by atoms with Crippen molar-refractivity contribution >= 4 is 86.1 Å². The van der Waals surface area contributed by atoms with Crippen LogP contribution in [0.2, 0.25) is 5.02 Å². The summed E-state index contributed by atoms with van der Waals surface area (Å²) in [6, 6.07) is 20.3. The molecule has 370 valence electrons. The number of likely N-dealkylation sites (tertiary alicyclic amines) is 1. The normalized spacial score (nSPS) is 17.5. The molecule has 3 aliphatic rings. The van der Waals surface area contributed by atoms with Gasteiger partial charge < -0.3 is 30.0 Å². The molecule has 8 rings (SSSR count). The van der Waals surface area contributed by atoms with Crippen molar-refractivity contribution in [3.05, 3.63) is 117 Å². The van der Waals surface area contributed by atoms with Gasteiger partial charge in [-0.2, -0.15) is 13.2 Å². The molecule has 0 saturated carbocycles. The molecule has 2 unspecified atom stereocenters. The molecular weight excluding hydrogens is 968 g/mol. The van der Waals surface area contributed by atoms with E-state index in [1.54, 1.807) is 72.5 Å². The van der Waals surface area contributed by atoms with Crippen LogP contribution in [0.3, 0.4) is 0 Å². The Morgan fingerprint density at radius 3 is 2.44 bits per heavy atom. The summed E-state index contributed by atoms with van der Waals surface area (Å²) in [6.07, 6.45) is -1.88. The van der Waals surface area contributed by atoms with Gasteiger partial charge >= 0.3 is 6.18 Å². The first-order valence-electron chi connectivity index (χ1n) is 23.1. The Balaban J connectivity index is 0.828. The van der Waals surface area contributed by atoms with E-state index in [1.165, 1.54) is 15.9 Å². The molecule has 1 saturated heterocycles.